The summed E-state index contributed by atoms with van der Waals surface area (Å²) in [5.74, 6) is 0. The van der Waals surface area contributed by atoms with E-state index in [1.165, 1.54) is 38.5 Å². The molecule has 4 fully saturated rings. The third kappa shape index (κ3) is 1.37. The van der Waals surface area contributed by atoms with E-state index in [4.69, 9.17) is 7.85 Å². The Morgan fingerprint density at radius 2 is 1.36 bits per heavy atom. The summed E-state index contributed by atoms with van der Waals surface area (Å²) >= 11 is 7.91. The summed E-state index contributed by atoms with van der Waals surface area (Å²) in [6, 6.07) is 0. The first-order valence-corrected chi connectivity index (χ1v) is 7.00. The van der Waals surface area contributed by atoms with Crippen molar-refractivity contribution in [1.82, 2.24) is 0 Å². The Kier molecular flexibility index (Phi) is 1.80. The largest absolute Gasteiger partial charge is 0.0853 e. The van der Waals surface area contributed by atoms with E-state index in [1.807, 2.05) is 0 Å². The molecular weight excluding hydrogens is 303 g/mol. The van der Waals surface area contributed by atoms with E-state index in [0.717, 1.165) is 0 Å². The van der Waals surface area contributed by atoms with Gasteiger partial charge in [0.1, 0.15) is 0 Å². The summed E-state index contributed by atoms with van der Waals surface area (Å²) in [6.07, 6.45) is 7.44. The molecular formula is C11H15BBr2. The van der Waals surface area contributed by atoms with Gasteiger partial charge >= 0.3 is 0 Å². The van der Waals surface area contributed by atoms with Gasteiger partial charge in [0, 0.05) is 8.65 Å². The molecule has 0 amide bonds. The van der Waals surface area contributed by atoms with E-state index in [1.54, 1.807) is 0 Å². The van der Waals surface area contributed by atoms with E-state index in [2.05, 4.69) is 38.8 Å². The Balaban J connectivity index is 2.08. The van der Waals surface area contributed by atoms with Crippen LogP contribution in [0.25, 0.3) is 0 Å². The monoisotopic (exact) mass is 316 g/mol. The lowest BCUT2D eigenvalue weighted by Gasteiger charge is -2.67. The minimum atomic E-state index is 0.0938. The fraction of sp³-hybridized carbons (Fsp3) is 1.00. The van der Waals surface area contributed by atoms with Crippen LogP contribution in [0.15, 0.2) is 0 Å². The molecule has 0 heterocycles. The molecule has 14 heavy (non-hydrogen) atoms. The van der Waals surface area contributed by atoms with Gasteiger partial charge in [-0.3, -0.25) is 0 Å². The van der Waals surface area contributed by atoms with Gasteiger partial charge < -0.3 is 0 Å². The van der Waals surface area contributed by atoms with Crippen molar-refractivity contribution in [2.24, 2.45) is 5.41 Å². The molecule has 0 spiro atoms. The fourth-order valence-electron chi connectivity index (χ4n) is 4.96. The lowest BCUT2D eigenvalue weighted by atomic mass is 9.39. The Morgan fingerprint density at radius 3 is 1.71 bits per heavy atom. The third-order valence-electron chi connectivity index (χ3n) is 4.24. The summed E-state index contributed by atoms with van der Waals surface area (Å²) in [4.78, 5) is 0. The van der Waals surface area contributed by atoms with Crippen molar-refractivity contribution in [2.45, 2.75) is 59.4 Å². The minimum absolute atomic E-state index is 0.0938. The molecule has 76 valence electrons. The van der Waals surface area contributed by atoms with Crippen LogP contribution in [0.2, 0.25) is 5.31 Å². The molecule has 0 aromatic carbocycles. The first kappa shape index (κ1) is 10.2. The molecule has 0 aliphatic heterocycles. The fourth-order valence-corrected chi connectivity index (χ4v) is 8.88. The summed E-state index contributed by atoms with van der Waals surface area (Å²) in [5, 5.41) is 0.0938. The zero-order valence-electron chi connectivity index (χ0n) is 8.58. The highest BCUT2D eigenvalue weighted by molar-refractivity contribution is 9.10. The van der Waals surface area contributed by atoms with Crippen molar-refractivity contribution in [2.75, 3.05) is 0 Å². The summed E-state index contributed by atoms with van der Waals surface area (Å²) in [5.41, 5.74) is 0.469. The van der Waals surface area contributed by atoms with Gasteiger partial charge in [-0.15, -0.1) is 0 Å². The van der Waals surface area contributed by atoms with Gasteiger partial charge in [-0.2, -0.15) is 0 Å². The Hall–Kier alpha value is 1.02. The molecule has 0 aromatic heterocycles. The second-order valence-electron chi connectivity index (χ2n) is 6.54. The van der Waals surface area contributed by atoms with Gasteiger partial charge in [-0.25, -0.2) is 0 Å². The van der Waals surface area contributed by atoms with E-state index in [9.17, 15) is 0 Å². The number of hydrogen-bond acceptors (Lipinski definition) is 0. The molecule has 4 rings (SSSR count). The molecule has 4 saturated carbocycles. The zero-order valence-corrected chi connectivity index (χ0v) is 11.7. The number of halogens is 2. The van der Waals surface area contributed by atoms with Crippen LogP contribution in [0, 0.1) is 5.41 Å². The molecule has 0 saturated heterocycles. The molecule has 0 N–H and O–H groups in total. The van der Waals surface area contributed by atoms with Crippen LogP contribution in [-0.4, -0.2) is 16.5 Å². The van der Waals surface area contributed by atoms with Gasteiger partial charge in [-0.1, -0.05) is 44.1 Å². The first-order valence-electron chi connectivity index (χ1n) is 5.41. The average Bonchev–Trinajstić information content (AvgIpc) is 1.67. The third-order valence-corrected chi connectivity index (χ3v) is 5.92. The predicted octanol–water partition coefficient (Wildman–Crippen LogP) is 3.97. The molecule has 2 radical (unpaired) electrons. The maximum Gasteiger partial charge on any atom is 0.0747 e. The SMILES string of the molecule is [B]C12CC3(C)CC(Br)(C1)CC(Br)(C2)C3. The highest BCUT2D eigenvalue weighted by Gasteiger charge is 2.63. The van der Waals surface area contributed by atoms with E-state index in [0.29, 0.717) is 14.1 Å². The summed E-state index contributed by atoms with van der Waals surface area (Å²) < 4.78 is 0.656. The number of hydrogen-bond donors (Lipinski definition) is 0. The van der Waals surface area contributed by atoms with Crippen LogP contribution < -0.4 is 0 Å². The highest BCUT2D eigenvalue weighted by Crippen LogP contribution is 2.73. The van der Waals surface area contributed by atoms with Gasteiger partial charge in [-0.05, 0) is 43.9 Å². The van der Waals surface area contributed by atoms with Gasteiger partial charge in [0.25, 0.3) is 0 Å². The maximum absolute atomic E-state index is 6.52. The molecule has 0 nitrogen and oxygen atoms in total. The van der Waals surface area contributed by atoms with Crippen molar-refractivity contribution in [3.8, 4) is 0 Å². The second-order valence-corrected chi connectivity index (χ2v) is 9.90. The molecule has 3 heteroatoms. The van der Waals surface area contributed by atoms with Gasteiger partial charge in [0.15, 0.2) is 0 Å². The molecule has 2 atom stereocenters. The maximum atomic E-state index is 6.52. The molecule has 4 bridgehead atoms. The smallest absolute Gasteiger partial charge is 0.0747 e. The topological polar surface area (TPSA) is 0 Å². The molecule has 4 aliphatic carbocycles. The lowest BCUT2D eigenvalue weighted by Crippen LogP contribution is -2.59. The average molecular weight is 318 g/mol. The second kappa shape index (κ2) is 2.47. The quantitative estimate of drug-likeness (QED) is 0.468. The lowest BCUT2D eigenvalue weighted by molar-refractivity contribution is 0.00581. The van der Waals surface area contributed by atoms with Crippen molar-refractivity contribution in [1.29, 1.82) is 0 Å². The predicted molar refractivity (Wildman–Crippen MR) is 67.6 cm³/mol. The van der Waals surface area contributed by atoms with Crippen LogP contribution in [-0.2, 0) is 0 Å². The van der Waals surface area contributed by atoms with Crippen LogP contribution in [0.1, 0.15) is 45.4 Å². The zero-order chi connectivity index (χ0) is 10.2. The van der Waals surface area contributed by atoms with Crippen molar-refractivity contribution in [3.05, 3.63) is 0 Å². The van der Waals surface area contributed by atoms with Gasteiger partial charge in [0.05, 0.1) is 7.85 Å². The van der Waals surface area contributed by atoms with Crippen LogP contribution in [0.5, 0.6) is 0 Å². The molecule has 2 unspecified atom stereocenters. The van der Waals surface area contributed by atoms with E-state index < -0.39 is 0 Å². The first-order chi connectivity index (χ1) is 6.24. The van der Waals surface area contributed by atoms with Crippen molar-refractivity contribution < 1.29 is 0 Å². The molecule has 4 aliphatic rings. The summed E-state index contributed by atoms with van der Waals surface area (Å²) in [7, 11) is 6.52. The number of rotatable bonds is 0. The van der Waals surface area contributed by atoms with E-state index in [-0.39, 0.29) is 5.31 Å². The van der Waals surface area contributed by atoms with Crippen LogP contribution in [0.4, 0.5) is 0 Å². The Labute approximate surface area is 104 Å². The molecule has 0 aromatic rings. The summed E-state index contributed by atoms with van der Waals surface area (Å²) in [6.45, 7) is 2.41. The Morgan fingerprint density at radius 1 is 0.857 bits per heavy atom. The Bertz CT molecular complexity index is 206. The van der Waals surface area contributed by atoms with Gasteiger partial charge in [0.2, 0.25) is 0 Å². The van der Waals surface area contributed by atoms with Crippen LogP contribution >= 0.6 is 31.9 Å². The van der Waals surface area contributed by atoms with Crippen molar-refractivity contribution >= 4 is 39.7 Å². The number of alkyl halides is 2. The standard InChI is InChI=1S/C11H15BBr2/c1-8-2-9(12)5-10(13,3-8)7-11(14,4-8)6-9/h2-7H2,1H3. The minimum Gasteiger partial charge on any atom is -0.0853 e. The van der Waals surface area contributed by atoms with Crippen molar-refractivity contribution in [3.63, 3.8) is 0 Å². The highest BCUT2D eigenvalue weighted by atomic mass is 79.9. The van der Waals surface area contributed by atoms with E-state index >= 15 is 0 Å². The normalized spacial score (nSPS) is 65.9. The van der Waals surface area contributed by atoms with Crippen LogP contribution in [0.3, 0.4) is 0 Å².